The number of rotatable bonds is 8. The molecule has 5 rings (SSSR count). The van der Waals surface area contributed by atoms with Gasteiger partial charge in [0.05, 0.1) is 0 Å². The van der Waals surface area contributed by atoms with E-state index in [0.29, 0.717) is 18.0 Å². The summed E-state index contributed by atoms with van der Waals surface area (Å²) in [5.41, 5.74) is 5.15. The van der Waals surface area contributed by atoms with Gasteiger partial charge in [0.2, 0.25) is 0 Å². The second-order valence-corrected chi connectivity index (χ2v) is 12.2. The zero-order chi connectivity index (χ0) is 24.7. The Hall–Kier alpha value is -2.39. The number of nitrogens with zero attached hydrogens (tertiary/aromatic N) is 1. The number of para-hydroxylation sites is 1. The van der Waals surface area contributed by atoms with Crippen molar-refractivity contribution in [2.75, 3.05) is 10.2 Å². The lowest BCUT2D eigenvalue weighted by Crippen LogP contribution is -2.45. The third-order valence-electron chi connectivity index (χ3n) is 7.97. The Kier molecular flexibility index (Phi) is 8.59. The van der Waals surface area contributed by atoms with Crippen molar-refractivity contribution in [2.45, 2.75) is 106 Å². The Labute approximate surface area is 222 Å². The maximum Gasteiger partial charge on any atom is 0.0416 e. The van der Waals surface area contributed by atoms with E-state index in [0.717, 1.165) is 5.69 Å². The summed E-state index contributed by atoms with van der Waals surface area (Å²) < 4.78 is 0. The van der Waals surface area contributed by atoms with Crippen LogP contribution in [0.15, 0.2) is 82.6 Å². The summed E-state index contributed by atoms with van der Waals surface area (Å²) in [7, 11) is 0. The Bertz CT molecular complexity index is 1060. The third-order valence-corrected chi connectivity index (χ3v) is 8.95. The smallest absolute Gasteiger partial charge is 0.0416 e. The molecule has 2 aliphatic carbocycles. The molecule has 0 spiro atoms. The van der Waals surface area contributed by atoms with Crippen molar-refractivity contribution in [3.8, 4) is 0 Å². The zero-order valence-electron chi connectivity index (χ0n) is 22.1. The second-order valence-electron chi connectivity index (χ2n) is 11.0. The van der Waals surface area contributed by atoms with Crippen LogP contribution >= 0.6 is 11.8 Å². The fraction of sp³-hybridized carbons (Fsp3) is 0.455. The molecule has 3 aromatic carbocycles. The monoisotopic (exact) mass is 498 g/mol. The largest absolute Gasteiger partial charge is 0.365 e. The minimum absolute atomic E-state index is 0.564. The van der Waals surface area contributed by atoms with Gasteiger partial charge < -0.3 is 10.2 Å². The highest BCUT2D eigenvalue weighted by atomic mass is 32.2. The first kappa shape index (κ1) is 25.3. The predicted octanol–water partition coefficient (Wildman–Crippen LogP) is 10.2. The molecule has 0 saturated heterocycles. The SMILES string of the molecule is CC(C)c1ccc(Sc2cc(Nc3ccccc3)cc(N(C3CCCCC3)C3CCCCC3)c2)cc1. The molecule has 0 bridgehead atoms. The number of hydrogen-bond acceptors (Lipinski definition) is 3. The highest BCUT2D eigenvalue weighted by molar-refractivity contribution is 7.99. The van der Waals surface area contributed by atoms with Crippen LogP contribution in [0.2, 0.25) is 0 Å². The van der Waals surface area contributed by atoms with Crippen LogP contribution in [0.3, 0.4) is 0 Å². The summed E-state index contributed by atoms with van der Waals surface area (Å²) in [6.07, 6.45) is 13.7. The van der Waals surface area contributed by atoms with E-state index >= 15 is 0 Å². The average molecular weight is 499 g/mol. The van der Waals surface area contributed by atoms with Gasteiger partial charge in [-0.15, -0.1) is 0 Å². The molecular weight excluding hydrogens is 456 g/mol. The molecule has 2 fully saturated rings. The molecule has 2 saturated carbocycles. The number of nitrogens with one attached hydrogen (secondary N) is 1. The van der Waals surface area contributed by atoms with Crippen LogP contribution in [-0.2, 0) is 0 Å². The van der Waals surface area contributed by atoms with Crippen molar-refractivity contribution in [3.63, 3.8) is 0 Å². The van der Waals surface area contributed by atoms with Gasteiger partial charge in [-0.2, -0.15) is 0 Å². The second kappa shape index (κ2) is 12.2. The van der Waals surface area contributed by atoms with E-state index in [-0.39, 0.29) is 0 Å². The molecule has 3 aromatic rings. The van der Waals surface area contributed by atoms with Gasteiger partial charge in [0.15, 0.2) is 0 Å². The van der Waals surface area contributed by atoms with Crippen LogP contribution in [0.25, 0.3) is 0 Å². The van der Waals surface area contributed by atoms with Crippen molar-refractivity contribution in [3.05, 3.63) is 78.4 Å². The van der Waals surface area contributed by atoms with Gasteiger partial charge in [0.1, 0.15) is 0 Å². The minimum Gasteiger partial charge on any atom is -0.365 e. The van der Waals surface area contributed by atoms with Gasteiger partial charge in [-0.3, -0.25) is 0 Å². The van der Waals surface area contributed by atoms with E-state index in [1.165, 1.54) is 90.9 Å². The molecule has 0 atom stereocenters. The summed E-state index contributed by atoms with van der Waals surface area (Å²) in [5.74, 6) is 0.564. The molecule has 0 amide bonds. The van der Waals surface area contributed by atoms with E-state index in [4.69, 9.17) is 0 Å². The molecule has 0 unspecified atom stereocenters. The van der Waals surface area contributed by atoms with Gasteiger partial charge in [0.25, 0.3) is 0 Å². The molecule has 2 nitrogen and oxygen atoms in total. The van der Waals surface area contributed by atoms with Gasteiger partial charge in [0, 0.05) is 38.9 Å². The van der Waals surface area contributed by atoms with Crippen LogP contribution in [-0.4, -0.2) is 12.1 Å². The maximum atomic E-state index is 3.72. The fourth-order valence-corrected chi connectivity index (χ4v) is 6.96. The molecule has 0 aromatic heterocycles. The Morgan fingerprint density at radius 3 is 1.86 bits per heavy atom. The summed E-state index contributed by atoms with van der Waals surface area (Å²) in [4.78, 5) is 5.49. The molecule has 0 aliphatic heterocycles. The van der Waals surface area contributed by atoms with Crippen LogP contribution in [0.1, 0.15) is 89.5 Å². The molecule has 2 aliphatic rings. The van der Waals surface area contributed by atoms with Gasteiger partial charge in [-0.05, 0) is 79.6 Å². The fourth-order valence-electron chi connectivity index (χ4n) is 6.05. The lowest BCUT2D eigenvalue weighted by molar-refractivity contribution is 0.340. The molecule has 0 heterocycles. The number of benzene rings is 3. The number of anilines is 3. The van der Waals surface area contributed by atoms with E-state index in [1.807, 2.05) is 11.8 Å². The van der Waals surface area contributed by atoms with Crippen molar-refractivity contribution in [2.24, 2.45) is 0 Å². The van der Waals surface area contributed by atoms with Gasteiger partial charge in [-0.25, -0.2) is 0 Å². The van der Waals surface area contributed by atoms with Crippen molar-refractivity contribution in [1.29, 1.82) is 0 Å². The lowest BCUT2D eigenvalue weighted by Gasteiger charge is -2.43. The normalized spacial score (nSPS) is 17.3. The van der Waals surface area contributed by atoms with Crippen LogP contribution in [0, 0.1) is 0 Å². The van der Waals surface area contributed by atoms with Crippen LogP contribution in [0.4, 0.5) is 17.1 Å². The topological polar surface area (TPSA) is 15.3 Å². The van der Waals surface area contributed by atoms with E-state index in [9.17, 15) is 0 Å². The Morgan fingerprint density at radius 1 is 0.667 bits per heavy atom. The van der Waals surface area contributed by atoms with Gasteiger partial charge >= 0.3 is 0 Å². The predicted molar refractivity (Wildman–Crippen MR) is 157 cm³/mol. The van der Waals surface area contributed by atoms with E-state index < -0.39 is 0 Å². The van der Waals surface area contributed by atoms with Crippen LogP contribution in [0.5, 0.6) is 0 Å². The molecule has 0 radical (unpaired) electrons. The first-order valence-corrected chi connectivity index (χ1v) is 15.0. The van der Waals surface area contributed by atoms with Crippen molar-refractivity contribution >= 4 is 28.8 Å². The highest BCUT2D eigenvalue weighted by Gasteiger charge is 2.29. The van der Waals surface area contributed by atoms with Gasteiger partial charge in [-0.1, -0.05) is 94.5 Å². The van der Waals surface area contributed by atoms with Crippen LogP contribution < -0.4 is 10.2 Å². The van der Waals surface area contributed by atoms with Crippen molar-refractivity contribution < 1.29 is 0 Å². The standard InChI is InChI=1S/C33H42N2S/c1-25(2)26-18-20-32(21-19-26)36-33-23-28(34-27-12-6-3-7-13-27)22-31(24-33)35(29-14-8-4-9-15-29)30-16-10-5-11-17-30/h3,6-7,12-13,18-25,29-30,34H,4-5,8-11,14-17H2,1-2H3. The zero-order valence-corrected chi connectivity index (χ0v) is 22.9. The number of hydrogen-bond donors (Lipinski definition) is 1. The summed E-state index contributed by atoms with van der Waals surface area (Å²) in [5, 5.41) is 3.72. The first-order valence-electron chi connectivity index (χ1n) is 14.2. The molecular formula is C33H42N2S. The molecule has 1 N–H and O–H groups in total. The van der Waals surface area contributed by atoms with E-state index in [1.54, 1.807) is 0 Å². The first-order chi connectivity index (χ1) is 17.7. The minimum atomic E-state index is 0.564. The summed E-state index contributed by atoms with van der Waals surface area (Å²) in [6, 6.07) is 28.3. The molecule has 3 heteroatoms. The Balaban J connectivity index is 1.50. The quantitative estimate of drug-likeness (QED) is 0.332. The molecule has 190 valence electrons. The van der Waals surface area contributed by atoms with E-state index in [2.05, 4.69) is 96.9 Å². The highest BCUT2D eigenvalue weighted by Crippen LogP contribution is 2.40. The Morgan fingerprint density at radius 2 is 1.28 bits per heavy atom. The lowest BCUT2D eigenvalue weighted by atomic mass is 9.88. The average Bonchev–Trinajstić information content (AvgIpc) is 2.91. The summed E-state index contributed by atoms with van der Waals surface area (Å²) >= 11 is 1.89. The summed E-state index contributed by atoms with van der Waals surface area (Å²) in [6.45, 7) is 4.52. The van der Waals surface area contributed by atoms with Crippen molar-refractivity contribution in [1.82, 2.24) is 0 Å². The molecule has 36 heavy (non-hydrogen) atoms. The maximum absolute atomic E-state index is 3.72. The third kappa shape index (κ3) is 6.48.